The van der Waals surface area contributed by atoms with Crippen molar-refractivity contribution in [1.29, 1.82) is 5.26 Å². The highest BCUT2D eigenvalue weighted by atomic mass is 32.2. The molecule has 0 saturated carbocycles. The number of amides is 1. The highest BCUT2D eigenvalue weighted by Crippen LogP contribution is 2.36. The molecule has 1 aromatic rings. The summed E-state index contributed by atoms with van der Waals surface area (Å²) in [4.78, 5) is 21.0. The minimum absolute atomic E-state index is 0.0349. The van der Waals surface area contributed by atoms with Gasteiger partial charge in [-0.2, -0.15) is 5.26 Å². The van der Waals surface area contributed by atoms with Crippen molar-refractivity contribution in [2.24, 2.45) is 0 Å². The number of piperazine rings is 1. The summed E-state index contributed by atoms with van der Waals surface area (Å²) in [6.45, 7) is 2.99. The molecule has 1 saturated heterocycles. The fraction of sp³-hybridized carbons (Fsp3) is 0.632. The largest absolute Gasteiger partial charge is 0.339 e. The van der Waals surface area contributed by atoms with Crippen LogP contribution in [0.4, 0.5) is 8.78 Å². The third-order valence-electron chi connectivity index (χ3n) is 5.25. The number of nitriles is 1. The number of likely N-dealkylation sites (N-methyl/N-ethyl adjacent to an activating group) is 1. The van der Waals surface area contributed by atoms with Crippen LogP contribution in [0.15, 0.2) is 5.03 Å². The molecule has 0 spiro atoms. The second-order valence-corrected chi connectivity index (χ2v) is 8.04. The Balaban J connectivity index is 1.82. The van der Waals surface area contributed by atoms with Crippen molar-refractivity contribution in [1.82, 2.24) is 14.8 Å². The van der Waals surface area contributed by atoms with E-state index in [0.29, 0.717) is 37.2 Å². The molecule has 0 unspecified atom stereocenters. The second kappa shape index (κ2) is 8.98. The highest BCUT2D eigenvalue weighted by molar-refractivity contribution is 8.00. The van der Waals surface area contributed by atoms with Gasteiger partial charge in [0.25, 0.3) is 6.43 Å². The number of aromatic nitrogens is 1. The first-order valence-electron chi connectivity index (χ1n) is 9.34. The van der Waals surface area contributed by atoms with Crippen LogP contribution in [0, 0.1) is 11.3 Å². The molecule has 0 aromatic carbocycles. The van der Waals surface area contributed by atoms with E-state index in [4.69, 9.17) is 0 Å². The molecule has 0 bridgehead atoms. The highest BCUT2D eigenvalue weighted by Gasteiger charge is 2.27. The van der Waals surface area contributed by atoms with E-state index < -0.39 is 6.43 Å². The van der Waals surface area contributed by atoms with Crippen molar-refractivity contribution in [2.45, 2.75) is 43.6 Å². The molecule has 5 nitrogen and oxygen atoms in total. The number of nitrogens with zero attached hydrogens (tertiary/aromatic N) is 4. The van der Waals surface area contributed by atoms with Crippen molar-refractivity contribution in [3.05, 3.63) is 22.4 Å². The van der Waals surface area contributed by atoms with Crippen molar-refractivity contribution < 1.29 is 13.6 Å². The van der Waals surface area contributed by atoms with Gasteiger partial charge in [0.2, 0.25) is 5.91 Å². The van der Waals surface area contributed by atoms with Crippen molar-refractivity contribution in [2.75, 3.05) is 39.0 Å². The van der Waals surface area contributed by atoms with E-state index in [1.807, 2.05) is 13.1 Å². The Morgan fingerprint density at radius 3 is 2.59 bits per heavy atom. The molecule has 1 aliphatic heterocycles. The summed E-state index contributed by atoms with van der Waals surface area (Å²) in [5.74, 6) is 0.0830. The molecular formula is C19H24F2N4OS. The lowest BCUT2D eigenvalue weighted by Gasteiger charge is -2.32. The van der Waals surface area contributed by atoms with Crippen molar-refractivity contribution in [3.8, 4) is 6.07 Å². The summed E-state index contributed by atoms with van der Waals surface area (Å²) < 4.78 is 27.5. The number of halogens is 2. The van der Waals surface area contributed by atoms with Crippen LogP contribution in [0.25, 0.3) is 0 Å². The molecule has 0 radical (unpaired) electrons. The molecule has 1 aromatic heterocycles. The fourth-order valence-corrected chi connectivity index (χ4v) is 4.57. The van der Waals surface area contributed by atoms with Gasteiger partial charge in [-0.3, -0.25) is 4.79 Å². The molecule has 3 rings (SSSR count). The molecule has 1 aliphatic carbocycles. The molecule has 1 fully saturated rings. The van der Waals surface area contributed by atoms with Crippen LogP contribution in [-0.4, -0.2) is 59.7 Å². The van der Waals surface area contributed by atoms with Gasteiger partial charge >= 0.3 is 0 Å². The molecule has 2 heterocycles. The smallest absolute Gasteiger partial charge is 0.265 e. The number of carbonyl (C=O) groups excluding carboxylic acids is 1. The number of alkyl halides is 2. The first-order chi connectivity index (χ1) is 13.0. The molecule has 0 N–H and O–H groups in total. The van der Waals surface area contributed by atoms with Gasteiger partial charge in [0, 0.05) is 37.4 Å². The number of hydrogen-bond acceptors (Lipinski definition) is 5. The summed E-state index contributed by atoms with van der Waals surface area (Å²) in [6, 6.07) is 1.93. The minimum atomic E-state index is -2.71. The summed E-state index contributed by atoms with van der Waals surface area (Å²) in [7, 11) is 2.02. The zero-order chi connectivity index (χ0) is 19.4. The quantitative estimate of drug-likeness (QED) is 0.580. The number of thioether (sulfide) groups is 1. The molecular weight excluding hydrogens is 370 g/mol. The zero-order valence-electron chi connectivity index (χ0n) is 15.5. The lowest BCUT2D eigenvalue weighted by Crippen LogP contribution is -2.47. The third-order valence-corrected chi connectivity index (χ3v) is 6.21. The zero-order valence-corrected chi connectivity index (χ0v) is 16.3. The van der Waals surface area contributed by atoms with Crippen molar-refractivity contribution in [3.63, 3.8) is 0 Å². The SMILES string of the molecule is CN1CCN(C(=O)CSc2nc3c(c(C(F)F)c2C#N)CCCCC3)CC1. The summed E-state index contributed by atoms with van der Waals surface area (Å²) >= 11 is 1.11. The van der Waals surface area contributed by atoms with Gasteiger partial charge in [-0.15, -0.1) is 0 Å². The first-order valence-corrected chi connectivity index (χ1v) is 10.3. The van der Waals surface area contributed by atoms with Gasteiger partial charge in [-0.25, -0.2) is 13.8 Å². The molecule has 2 aliphatic rings. The van der Waals surface area contributed by atoms with Gasteiger partial charge in [-0.1, -0.05) is 18.2 Å². The summed E-state index contributed by atoms with van der Waals surface area (Å²) in [5, 5.41) is 9.80. The van der Waals surface area contributed by atoms with E-state index in [0.717, 1.165) is 44.1 Å². The van der Waals surface area contributed by atoms with Crippen molar-refractivity contribution >= 4 is 17.7 Å². The van der Waals surface area contributed by atoms with Crippen LogP contribution in [0.2, 0.25) is 0 Å². The van der Waals surface area contributed by atoms with E-state index in [2.05, 4.69) is 9.88 Å². The average Bonchev–Trinajstić information content (AvgIpc) is 2.90. The van der Waals surface area contributed by atoms with Gasteiger partial charge in [-0.05, 0) is 38.3 Å². The Kier molecular flexibility index (Phi) is 6.66. The standard InChI is InChI=1S/C19H24F2N4OS/c1-24-7-9-25(10-8-24)16(26)12-27-19-14(11-22)17(18(20)21)13-5-3-2-4-6-15(13)23-19/h18H,2-10,12H2,1H3. The maximum absolute atomic E-state index is 13.8. The fourth-order valence-electron chi connectivity index (χ4n) is 3.65. The first kappa shape index (κ1) is 20.0. The molecule has 27 heavy (non-hydrogen) atoms. The average molecular weight is 394 g/mol. The number of fused-ring (bicyclic) bond motifs is 1. The van der Waals surface area contributed by atoms with E-state index in [9.17, 15) is 18.8 Å². The van der Waals surface area contributed by atoms with Crippen LogP contribution < -0.4 is 0 Å². The maximum atomic E-state index is 13.8. The monoisotopic (exact) mass is 394 g/mol. The number of pyridine rings is 1. The van der Waals surface area contributed by atoms with E-state index in [1.165, 1.54) is 0 Å². The topological polar surface area (TPSA) is 60.2 Å². The maximum Gasteiger partial charge on any atom is 0.265 e. The van der Waals surface area contributed by atoms with Gasteiger partial charge in [0.15, 0.2) is 0 Å². The number of carbonyl (C=O) groups is 1. The summed E-state index contributed by atoms with van der Waals surface area (Å²) in [6.07, 6.45) is 1.22. The Bertz CT molecular complexity index is 742. The Hall–Kier alpha value is -1.72. The molecule has 0 atom stereocenters. The van der Waals surface area contributed by atoms with E-state index in [-0.39, 0.29) is 27.8 Å². The van der Waals surface area contributed by atoms with Gasteiger partial charge < -0.3 is 9.80 Å². The number of hydrogen-bond donors (Lipinski definition) is 0. The molecule has 1 amide bonds. The Labute approximate surface area is 162 Å². The van der Waals surface area contributed by atoms with Crippen LogP contribution in [-0.2, 0) is 17.6 Å². The van der Waals surface area contributed by atoms with Crippen LogP contribution in [0.3, 0.4) is 0 Å². The Morgan fingerprint density at radius 2 is 1.93 bits per heavy atom. The number of aryl methyl sites for hydroxylation is 1. The molecule has 8 heteroatoms. The van der Waals surface area contributed by atoms with Crippen LogP contribution in [0.5, 0.6) is 0 Å². The lowest BCUT2D eigenvalue weighted by molar-refractivity contribution is -0.129. The Morgan fingerprint density at radius 1 is 1.22 bits per heavy atom. The van der Waals surface area contributed by atoms with Gasteiger partial charge in [0.1, 0.15) is 11.1 Å². The van der Waals surface area contributed by atoms with Crippen LogP contribution >= 0.6 is 11.8 Å². The minimum Gasteiger partial charge on any atom is -0.339 e. The van der Waals surface area contributed by atoms with Gasteiger partial charge in [0.05, 0.1) is 11.3 Å². The second-order valence-electron chi connectivity index (χ2n) is 7.08. The summed E-state index contributed by atoms with van der Waals surface area (Å²) in [5.41, 5.74) is 1.01. The number of rotatable bonds is 4. The third kappa shape index (κ3) is 4.58. The predicted octanol–water partition coefficient (Wildman–Crippen LogP) is 3.03. The lowest BCUT2D eigenvalue weighted by atomic mass is 9.98. The molecule has 146 valence electrons. The van der Waals surface area contributed by atoms with Crippen LogP contribution in [0.1, 0.15) is 48.1 Å². The van der Waals surface area contributed by atoms with E-state index in [1.54, 1.807) is 4.90 Å². The normalized spacial score (nSPS) is 18.1. The predicted molar refractivity (Wildman–Crippen MR) is 100.0 cm³/mol. The van der Waals surface area contributed by atoms with E-state index >= 15 is 0 Å².